The minimum atomic E-state index is -3.72. The second kappa shape index (κ2) is 13.1. The van der Waals surface area contributed by atoms with E-state index in [9.17, 15) is 18.3 Å². The van der Waals surface area contributed by atoms with Crippen LogP contribution in [-0.2, 0) is 19.6 Å². The molecule has 2 N–H and O–H groups in total. The number of aliphatic hydroxyl groups is 1. The second-order valence-corrected chi connectivity index (χ2v) is 10.2. The first-order valence-corrected chi connectivity index (χ1v) is 12.5. The fourth-order valence-electron chi connectivity index (χ4n) is 3.01. The summed E-state index contributed by atoms with van der Waals surface area (Å²) < 4.78 is 33.3. The van der Waals surface area contributed by atoms with Gasteiger partial charge in [-0.2, -0.15) is 0 Å². The van der Waals surface area contributed by atoms with Gasteiger partial charge in [0, 0.05) is 0 Å². The predicted octanol–water partition coefficient (Wildman–Crippen LogP) is 4.20. The normalized spacial score (nSPS) is 15.0. The highest BCUT2D eigenvalue weighted by Crippen LogP contribution is 2.16. The first-order valence-electron chi connectivity index (χ1n) is 11.0. The molecule has 0 aromatic heterocycles. The Labute approximate surface area is 182 Å². The minimum absolute atomic E-state index is 0.0724. The fourth-order valence-corrected chi connectivity index (χ4v) is 4.38. The lowest BCUT2D eigenvalue weighted by Gasteiger charge is -2.24. The summed E-state index contributed by atoms with van der Waals surface area (Å²) in [6.07, 6.45) is 5.22. The van der Waals surface area contributed by atoms with Crippen LogP contribution in [0.25, 0.3) is 0 Å². The van der Waals surface area contributed by atoms with Crippen molar-refractivity contribution in [3.63, 3.8) is 0 Å². The van der Waals surface area contributed by atoms with Crippen LogP contribution in [0.3, 0.4) is 0 Å². The van der Waals surface area contributed by atoms with Crippen molar-refractivity contribution >= 4 is 16.0 Å². The van der Waals surface area contributed by atoms with Crippen molar-refractivity contribution in [3.8, 4) is 0 Å². The number of aliphatic hydroxyl groups excluding tert-OH is 1. The van der Waals surface area contributed by atoms with Crippen molar-refractivity contribution in [2.75, 3.05) is 6.61 Å². The fraction of sp³-hybridized carbons (Fsp3) is 0.696. The van der Waals surface area contributed by atoms with Gasteiger partial charge in [0.2, 0.25) is 10.0 Å². The molecule has 0 aliphatic carbocycles. The first-order chi connectivity index (χ1) is 14.1. The van der Waals surface area contributed by atoms with E-state index in [0.29, 0.717) is 6.42 Å². The maximum atomic E-state index is 12.6. The van der Waals surface area contributed by atoms with E-state index in [2.05, 4.69) is 11.6 Å². The molecule has 0 spiro atoms. The molecule has 0 fully saturated rings. The molecule has 0 saturated carbocycles. The van der Waals surface area contributed by atoms with Crippen LogP contribution < -0.4 is 4.72 Å². The Kier molecular flexibility index (Phi) is 11.6. The summed E-state index contributed by atoms with van der Waals surface area (Å²) in [7, 11) is -3.72. The third-order valence-corrected chi connectivity index (χ3v) is 6.91. The van der Waals surface area contributed by atoms with Gasteiger partial charge in [0.25, 0.3) is 0 Å². The maximum Gasteiger partial charge on any atom is 0.311 e. The van der Waals surface area contributed by atoms with Crippen LogP contribution in [0.5, 0.6) is 0 Å². The number of carbonyl (C=O) groups excluding carboxylic acids is 1. The number of sulfonamides is 1. The van der Waals surface area contributed by atoms with E-state index in [1.165, 1.54) is 6.42 Å². The van der Waals surface area contributed by atoms with Crippen molar-refractivity contribution in [2.24, 2.45) is 11.8 Å². The van der Waals surface area contributed by atoms with E-state index in [1.54, 1.807) is 31.2 Å². The van der Waals surface area contributed by atoms with Gasteiger partial charge >= 0.3 is 5.97 Å². The number of carbonyl (C=O) groups is 1. The number of rotatable bonds is 14. The molecule has 0 aliphatic rings. The number of unbranched alkanes of at least 4 members (excludes halogenated alkanes) is 4. The molecule has 30 heavy (non-hydrogen) atoms. The summed E-state index contributed by atoms with van der Waals surface area (Å²) in [5.74, 6) is -1.22. The Morgan fingerprint density at radius 1 is 1.07 bits per heavy atom. The summed E-state index contributed by atoms with van der Waals surface area (Å²) in [6.45, 7) is 9.35. The number of hydrogen-bond donors (Lipinski definition) is 2. The van der Waals surface area contributed by atoms with Gasteiger partial charge in [-0.3, -0.25) is 4.79 Å². The summed E-state index contributed by atoms with van der Waals surface area (Å²) in [5, 5.41) is 10.3. The van der Waals surface area contributed by atoms with Crippen LogP contribution >= 0.6 is 0 Å². The van der Waals surface area contributed by atoms with Crippen molar-refractivity contribution in [1.82, 2.24) is 4.72 Å². The summed E-state index contributed by atoms with van der Waals surface area (Å²) >= 11 is 0. The van der Waals surface area contributed by atoms with E-state index < -0.39 is 34.1 Å². The Bertz CT molecular complexity index is 730. The van der Waals surface area contributed by atoms with Gasteiger partial charge in [0.1, 0.15) is 6.61 Å². The zero-order valence-corrected chi connectivity index (χ0v) is 19.9. The minimum Gasteiger partial charge on any atom is -0.464 e. The smallest absolute Gasteiger partial charge is 0.311 e. The molecular formula is C23H39NO5S. The molecule has 3 atom stereocenters. The summed E-state index contributed by atoms with van der Waals surface area (Å²) in [5.41, 5.74) is 0.973. The highest BCUT2D eigenvalue weighted by Gasteiger charge is 2.27. The average molecular weight is 442 g/mol. The van der Waals surface area contributed by atoms with Gasteiger partial charge in [0.05, 0.1) is 23.0 Å². The second-order valence-electron chi connectivity index (χ2n) is 8.47. The first kappa shape index (κ1) is 26.6. The number of nitrogens with one attached hydrogen (secondary N) is 1. The van der Waals surface area contributed by atoms with Gasteiger partial charge in [-0.05, 0) is 38.3 Å². The van der Waals surface area contributed by atoms with E-state index in [1.807, 2.05) is 20.8 Å². The van der Waals surface area contributed by atoms with E-state index >= 15 is 0 Å². The van der Waals surface area contributed by atoms with E-state index in [0.717, 1.165) is 31.2 Å². The molecule has 0 unspecified atom stereocenters. The number of ether oxygens (including phenoxy) is 1. The topological polar surface area (TPSA) is 92.7 Å². The van der Waals surface area contributed by atoms with Crippen LogP contribution in [0.1, 0.15) is 71.8 Å². The van der Waals surface area contributed by atoms with Crippen molar-refractivity contribution in [1.29, 1.82) is 0 Å². The van der Waals surface area contributed by atoms with E-state index in [-0.39, 0.29) is 17.4 Å². The SMILES string of the molecule is CCCCCCC[C@@H](O)[C@H](C)C(=O)OC[C@@H](NS(=O)(=O)c1ccc(C)cc1)C(C)C. The lowest BCUT2D eigenvalue weighted by atomic mass is 9.98. The molecular weight excluding hydrogens is 402 g/mol. The quantitative estimate of drug-likeness (QED) is 0.333. The molecule has 1 aromatic rings. The lowest BCUT2D eigenvalue weighted by Crippen LogP contribution is -2.43. The van der Waals surface area contributed by atoms with Crippen LogP contribution in [-0.4, -0.2) is 38.2 Å². The van der Waals surface area contributed by atoms with Crippen LogP contribution in [0.4, 0.5) is 0 Å². The molecule has 0 radical (unpaired) electrons. The molecule has 0 heterocycles. The third-order valence-electron chi connectivity index (χ3n) is 5.40. The Hall–Kier alpha value is -1.44. The monoisotopic (exact) mass is 441 g/mol. The van der Waals surface area contributed by atoms with Crippen LogP contribution in [0.2, 0.25) is 0 Å². The van der Waals surface area contributed by atoms with Crippen molar-refractivity contribution in [2.45, 2.75) is 90.2 Å². The van der Waals surface area contributed by atoms with Gasteiger partial charge in [0.15, 0.2) is 0 Å². The summed E-state index contributed by atoms with van der Waals surface area (Å²) in [4.78, 5) is 12.5. The summed E-state index contributed by atoms with van der Waals surface area (Å²) in [6, 6.07) is 6.04. The molecule has 7 heteroatoms. The molecule has 0 bridgehead atoms. The Balaban J connectivity index is 2.58. The predicted molar refractivity (Wildman–Crippen MR) is 120 cm³/mol. The molecule has 1 rings (SSSR count). The van der Waals surface area contributed by atoms with Crippen molar-refractivity contribution < 1.29 is 23.1 Å². The van der Waals surface area contributed by atoms with E-state index in [4.69, 9.17) is 4.74 Å². The Morgan fingerprint density at radius 2 is 1.67 bits per heavy atom. The number of aryl methyl sites for hydroxylation is 1. The highest BCUT2D eigenvalue weighted by molar-refractivity contribution is 7.89. The molecule has 0 amide bonds. The Morgan fingerprint density at radius 3 is 2.23 bits per heavy atom. The number of hydrogen-bond acceptors (Lipinski definition) is 5. The third kappa shape index (κ3) is 9.14. The van der Waals surface area contributed by atoms with Gasteiger partial charge in [-0.1, -0.05) is 70.6 Å². The van der Waals surface area contributed by atoms with Gasteiger partial charge < -0.3 is 9.84 Å². The molecule has 172 valence electrons. The van der Waals surface area contributed by atoms with Crippen molar-refractivity contribution in [3.05, 3.63) is 29.8 Å². The number of esters is 1. The molecule has 0 aliphatic heterocycles. The van der Waals surface area contributed by atoms with Crippen LogP contribution in [0.15, 0.2) is 29.2 Å². The number of benzene rings is 1. The average Bonchev–Trinajstić information content (AvgIpc) is 2.70. The zero-order valence-electron chi connectivity index (χ0n) is 19.1. The zero-order chi connectivity index (χ0) is 22.7. The van der Waals surface area contributed by atoms with Gasteiger partial charge in [-0.15, -0.1) is 0 Å². The van der Waals surface area contributed by atoms with Crippen LogP contribution in [0, 0.1) is 18.8 Å². The lowest BCUT2D eigenvalue weighted by molar-refractivity contribution is -0.152. The molecule has 6 nitrogen and oxygen atoms in total. The standard InChI is InChI=1S/C23H39NO5S/c1-6-7-8-9-10-11-22(25)19(5)23(26)29-16-21(17(2)3)24-30(27,28)20-14-12-18(4)13-15-20/h12-15,17,19,21-22,24-25H,6-11,16H2,1-5H3/t19-,21+,22+/m0/s1. The highest BCUT2D eigenvalue weighted by atomic mass is 32.2. The maximum absolute atomic E-state index is 12.6. The molecule has 0 saturated heterocycles. The van der Waals surface area contributed by atoms with Gasteiger partial charge in [-0.25, -0.2) is 13.1 Å². The largest absolute Gasteiger partial charge is 0.464 e. The molecule has 1 aromatic carbocycles.